The van der Waals surface area contributed by atoms with E-state index in [0.717, 1.165) is 5.69 Å². The summed E-state index contributed by atoms with van der Waals surface area (Å²) >= 11 is 0. The first kappa shape index (κ1) is 9.58. The van der Waals surface area contributed by atoms with Crippen molar-refractivity contribution in [1.82, 2.24) is 9.55 Å². The van der Waals surface area contributed by atoms with Gasteiger partial charge in [0.05, 0.1) is 19.0 Å². The Morgan fingerprint density at radius 1 is 1.40 bits per heavy atom. The van der Waals surface area contributed by atoms with Gasteiger partial charge in [-0.3, -0.25) is 4.57 Å². The van der Waals surface area contributed by atoms with Crippen molar-refractivity contribution in [2.75, 3.05) is 12.8 Å². The first-order chi connectivity index (χ1) is 7.20. The molecular formula is C11H13N3O. The number of benzene rings is 1. The zero-order valence-corrected chi connectivity index (χ0v) is 8.77. The van der Waals surface area contributed by atoms with Crippen molar-refractivity contribution in [3.63, 3.8) is 0 Å². The molecule has 0 fully saturated rings. The third-order valence-electron chi connectivity index (χ3n) is 2.15. The fraction of sp³-hybridized carbons (Fsp3) is 0.182. The third kappa shape index (κ3) is 1.79. The molecule has 0 amide bonds. The average molecular weight is 203 g/mol. The van der Waals surface area contributed by atoms with Crippen molar-refractivity contribution in [1.29, 1.82) is 0 Å². The Balaban J connectivity index is 2.53. The Morgan fingerprint density at radius 2 is 2.20 bits per heavy atom. The molecule has 0 saturated carbocycles. The number of methoxy groups -OCH3 is 1. The summed E-state index contributed by atoms with van der Waals surface area (Å²) in [4.78, 5) is 4.05. The summed E-state index contributed by atoms with van der Waals surface area (Å²) in [5.74, 6) is 0.452. The number of nitrogens with two attached hydrogens (primary N) is 1. The maximum Gasteiger partial charge on any atom is 0.302 e. The molecule has 0 aliphatic rings. The van der Waals surface area contributed by atoms with Gasteiger partial charge in [-0.1, -0.05) is 12.1 Å². The Hall–Kier alpha value is -1.97. The lowest BCUT2D eigenvalue weighted by Gasteiger charge is -2.06. The molecule has 4 nitrogen and oxygen atoms in total. The van der Waals surface area contributed by atoms with E-state index in [1.54, 1.807) is 13.3 Å². The monoisotopic (exact) mass is 203 g/mol. The van der Waals surface area contributed by atoms with Gasteiger partial charge in [-0.05, 0) is 24.6 Å². The molecule has 78 valence electrons. The number of imidazole rings is 1. The number of hydrogen-bond acceptors (Lipinski definition) is 3. The molecule has 0 radical (unpaired) electrons. The van der Waals surface area contributed by atoms with Crippen molar-refractivity contribution in [3.05, 3.63) is 36.0 Å². The van der Waals surface area contributed by atoms with Crippen LogP contribution in [0, 0.1) is 6.92 Å². The Morgan fingerprint density at radius 3 is 2.87 bits per heavy atom. The molecule has 2 aromatic rings. The van der Waals surface area contributed by atoms with Crippen LogP contribution >= 0.6 is 0 Å². The number of rotatable bonds is 2. The van der Waals surface area contributed by atoms with Crippen LogP contribution in [0.5, 0.6) is 6.01 Å². The molecule has 2 N–H and O–H groups in total. The topological polar surface area (TPSA) is 53.1 Å². The Labute approximate surface area is 88.3 Å². The van der Waals surface area contributed by atoms with E-state index in [1.807, 2.05) is 35.8 Å². The predicted molar refractivity (Wildman–Crippen MR) is 59.3 cm³/mol. The Bertz CT molecular complexity index is 476. The minimum absolute atomic E-state index is 0.452. The van der Waals surface area contributed by atoms with E-state index in [9.17, 15) is 0 Å². The van der Waals surface area contributed by atoms with Crippen LogP contribution in [0.4, 0.5) is 5.82 Å². The molecule has 0 bridgehead atoms. The van der Waals surface area contributed by atoms with Crippen molar-refractivity contribution < 1.29 is 4.74 Å². The van der Waals surface area contributed by atoms with Gasteiger partial charge in [-0.2, -0.15) is 4.98 Å². The normalized spacial score (nSPS) is 10.3. The summed E-state index contributed by atoms with van der Waals surface area (Å²) in [6, 6.07) is 8.55. The van der Waals surface area contributed by atoms with E-state index >= 15 is 0 Å². The number of aromatic nitrogens is 2. The molecule has 0 spiro atoms. The number of nitrogens with zero attached hydrogens (tertiary/aromatic N) is 2. The maximum absolute atomic E-state index is 5.62. The zero-order chi connectivity index (χ0) is 10.8. The van der Waals surface area contributed by atoms with Gasteiger partial charge in [0, 0.05) is 0 Å². The SMILES string of the molecule is COc1nc(N)cn1-c1cccc(C)c1. The van der Waals surface area contributed by atoms with Crippen LogP contribution in [0.3, 0.4) is 0 Å². The van der Waals surface area contributed by atoms with E-state index in [4.69, 9.17) is 10.5 Å². The first-order valence-corrected chi connectivity index (χ1v) is 4.66. The fourth-order valence-corrected chi connectivity index (χ4v) is 1.49. The van der Waals surface area contributed by atoms with E-state index in [1.165, 1.54) is 5.56 Å². The Kier molecular flexibility index (Phi) is 2.33. The second-order valence-electron chi connectivity index (χ2n) is 3.36. The molecule has 2 rings (SSSR count). The van der Waals surface area contributed by atoms with Gasteiger partial charge in [0.15, 0.2) is 0 Å². The van der Waals surface area contributed by atoms with Gasteiger partial charge in [-0.15, -0.1) is 0 Å². The quantitative estimate of drug-likeness (QED) is 0.809. The minimum Gasteiger partial charge on any atom is -0.468 e. The number of ether oxygens (including phenoxy) is 1. The van der Waals surface area contributed by atoms with E-state index < -0.39 is 0 Å². The summed E-state index contributed by atoms with van der Waals surface area (Å²) in [7, 11) is 1.58. The van der Waals surface area contributed by atoms with Gasteiger partial charge in [0.1, 0.15) is 5.82 Å². The second kappa shape index (κ2) is 3.65. The van der Waals surface area contributed by atoms with Crippen LogP contribution in [0.15, 0.2) is 30.5 Å². The standard InChI is InChI=1S/C11H13N3O/c1-8-4-3-5-9(6-8)14-7-10(12)13-11(14)15-2/h3-7H,12H2,1-2H3. The van der Waals surface area contributed by atoms with Crippen molar-refractivity contribution in [2.24, 2.45) is 0 Å². The van der Waals surface area contributed by atoms with Gasteiger partial charge in [0.25, 0.3) is 0 Å². The molecule has 0 atom stereocenters. The highest BCUT2D eigenvalue weighted by Crippen LogP contribution is 2.19. The van der Waals surface area contributed by atoms with Gasteiger partial charge < -0.3 is 10.5 Å². The molecule has 0 unspecified atom stereocenters. The van der Waals surface area contributed by atoms with E-state index in [0.29, 0.717) is 11.8 Å². The molecule has 1 aromatic carbocycles. The van der Waals surface area contributed by atoms with Gasteiger partial charge >= 0.3 is 6.01 Å². The highest BCUT2D eigenvalue weighted by atomic mass is 16.5. The zero-order valence-electron chi connectivity index (χ0n) is 8.77. The van der Waals surface area contributed by atoms with Crippen LogP contribution in [0.25, 0.3) is 5.69 Å². The minimum atomic E-state index is 0.452. The maximum atomic E-state index is 5.62. The summed E-state index contributed by atoms with van der Waals surface area (Å²) < 4.78 is 6.95. The molecule has 0 aliphatic carbocycles. The van der Waals surface area contributed by atoms with E-state index in [-0.39, 0.29) is 0 Å². The average Bonchev–Trinajstić information content (AvgIpc) is 2.59. The van der Waals surface area contributed by atoms with Crippen LogP contribution in [0.1, 0.15) is 5.56 Å². The summed E-state index contributed by atoms with van der Waals surface area (Å²) in [5.41, 5.74) is 7.80. The molecular weight excluding hydrogens is 190 g/mol. The third-order valence-corrected chi connectivity index (χ3v) is 2.15. The first-order valence-electron chi connectivity index (χ1n) is 4.66. The van der Waals surface area contributed by atoms with Crippen molar-refractivity contribution >= 4 is 5.82 Å². The van der Waals surface area contributed by atoms with Crippen molar-refractivity contribution in [3.8, 4) is 11.7 Å². The van der Waals surface area contributed by atoms with E-state index in [2.05, 4.69) is 4.98 Å². The molecule has 4 heteroatoms. The fourth-order valence-electron chi connectivity index (χ4n) is 1.49. The molecule has 1 aromatic heterocycles. The van der Waals surface area contributed by atoms with Gasteiger partial charge in [-0.25, -0.2) is 0 Å². The van der Waals surface area contributed by atoms with Crippen LogP contribution in [-0.2, 0) is 0 Å². The van der Waals surface area contributed by atoms with Crippen molar-refractivity contribution in [2.45, 2.75) is 6.92 Å². The number of aryl methyl sites for hydroxylation is 1. The van der Waals surface area contributed by atoms with Gasteiger partial charge in [0.2, 0.25) is 0 Å². The summed E-state index contributed by atoms with van der Waals surface area (Å²) in [6.07, 6.45) is 1.74. The smallest absolute Gasteiger partial charge is 0.302 e. The van der Waals surface area contributed by atoms with Crippen LogP contribution in [0.2, 0.25) is 0 Å². The molecule has 0 aliphatic heterocycles. The largest absolute Gasteiger partial charge is 0.468 e. The highest BCUT2D eigenvalue weighted by molar-refractivity contribution is 5.42. The molecule has 1 heterocycles. The summed E-state index contributed by atoms with van der Waals surface area (Å²) in [5, 5.41) is 0. The highest BCUT2D eigenvalue weighted by Gasteiger charge is 2.07. The number of hydrogen-bond donors (Lipinski definition) is 1. The lowest BCUT2D eigenvalue weighted by atomic mass is 10.2. The van der Waals surface area contributed by atoms with Crippen LogP contribution < -0.4 is 10.5 Å². The number of nitrogen functional groups attached to an aromatic ring is 1. The number of anilines is 1. The van der Waals surface area contributed by atoms with Crippen LogP contribution in [-0.4, -0.2) is 16.7 Å². The second-order valence-corrected chi connectivity index (χ2v) is 3.36. The lowest BCUT2D eigenvalue weighted by molar-refractivity contribution is 0.374. The predicted octanol–water partition coefficient (Wildman–Crippen LogP) is 1.77. The summed E-state index contributed by atoms with van der Waals surface area (Å²) in [6.45, 7) is 2.04. The molecule has 0 saturated heterocycles. The lowest BCUT2D eigenvalue weighted by Crippen LogP contribution is -1.97. The molecule has 15 heavy (non-hydrogen) atoms.